The first-order valence-corrected chi connectivity index (χ1v) is 12.1. The van der Waals surface area contributed by atoms with E-state index in [9.17, 15) is 9.59 Å². The molecule has 1 fully saturated rings. The monoisotopic (exact) mass is 448 g/mol. The third kappa shape index (κ3) is 5.66. The summed E-state index contributed by atoms with van der Waals surface area (Å²) in [6.45, 7) is 7.64. The number of carbonyl (C=O) groups excluding carboxylic acids is 1. The fourth-order valence-electron chi connectivity index (χ4n) is 3.58. The van der Waals surface area contributed by atoms with Crippen molar-refractivity contribution < 1.29 is 14.7 Å². The number of aromatic nitrogens is 1. The summed E-state index contributed by atoms with van der Waals surface area (Å²) in [4.78, 5) is 31.6. The normalized spacial score (nSPS) is 16.1. The first kappa shape index (κ1) is 22.4. The van der Waals surface area contributed by atoms with Crippen LogP contribution in [0.1, 0.15) is 37.2 Å². The van der Waals surface area contributed by atoms with Gasteiger partial charge in [-0.05, 0) is 44.5 Å². The van der Waals surface area contributed by atoms with Gasteiger partial charge >= 0.3 is 5.97 Å². The Kier molecular flexibility index (Phi) is 7.98. The van der Waals surface area contributed by atoms with Gasteiger partial charge in [-0.25, -0.2) is 9.78 Å². The Hall–Kier alpha value is -2.26. The SMILES string of the molecule is CCN(CC)c1ccc(NC[C@H]2CCC(=O)N2CCSc2nc(C(=O)O)cs2)cc1. The first-order chi connectivity index (χ1) is 14.5. The number of benzene rings is 1. The molecule has 0 spiro atoms. The highest BCUT2D eigenvalue weighted by Gasteiger charge is 2.30. The molecule has 3 rings (SSSR count). The maximum atomic E-state index is 12.3. The molecule has 2 N–H and O–H groups in total. The minimum Gasteiger partial charge on any atom is -0.476 e. The van der Waals surface area contributed by atoms with E-state index in [2.05, 4.69) is 53.3 Å². The van der Waals surface area contributed by atoms with E-state index in [1.54, 1.807) is 5.38 Å². The lowest BCUT2D eigenvalue weighted by Gasteiger charge is -2.25. The predicted molar refractivity (Wildman–Crippen MR) is 123 cm³/mol. The molecule has 0 radical (unpaired) electrons. The van der Waals surface area contributed by atoms with Gasteiger partial charge < -0.3 is 20.2 Å². The highest BCUT2D eigenvalue weighted by Crippen LogP contribution is 2.25. The lowest BCUT2D eigenvalue weighted by molar-refractivity contribution is -0.128. The minimum absolute atomic E-state index is 0.0776. The van der Waals surface area contributed by atoms with Crippen LogP contribution < -0.4 is 10.2 Å². The van der Waals surface area contributed by atoms with Crippen LogP contribution >= 0.6 is 23.1 Å². The Morgan fingerprint density at radius 2 is 2.07 bits per heavy atom. The van der Waals surface area contributed by atoms with Crippen molar-refractivity contribution in [3.05, 3.63) is 35.3 Å². The zero-order valence-corrected chi connectivity index (χ0v) is 19.0. The van der Waals surface area contributed by atoms with Gasteiger partial charge in [-0.1, -0.05) is 11.8 Å². The number of thioether (sulfide) groups is 1. The van der Waals surface area contributed by atoms with Gasteiger partial charge in [0.15, 0.2) is 10.0 Å². The molecule has 0 unspecified atom stereocenters. The van der Waals surface area contributed by atoms with Gasteiger partial charge in [0.1, 0.15) is 0 Å². The summed E-state index contributed by atoms with van der Waals surface area (Å²) in [5, 5.41) is 14.0. The Morgan fingerprint density at radius 3 is 2.70 bits per heavy atom. The Morgan fingerprint density at radius 1 is 1.33 bits per heavy atom. The van der Waals surface area contributed by atoms with Crippen molar-refractivity contribution >= 4 is 46.3 Å². The molecule has 1 aromatic heterocycles. The Labute approximate surface area is 185 Å². The molecule has 30 heavy (non-hydrogen) atoms. The third-order valence-electron chi connectivity index (χ3n) is 5.25. The number of carbonyl (C=O) groups is 2. The molecule has 1 aromatic carbocycles. The molecular weight excluding hydrogens is 420 g/mol. The van der Waals surface area contributed by atoms with E-state index in [1.807, 2.05) is 4.90 Å². The molecule has 2 aromatic rings. The van der Waals surface area contributed by atoms with Crippen molar-refractivity contribution in [1.29, 1.82) is 0 Å². The molecular formula is C21H28N4O3S2. The van der Waals surface area contributed by atoms with Crippen LogP contribution in [0.15, 0.2) is 34.0 Å². The van der Waals surface area contributed by atoms with Gasteiger partial charge in [0.05, 0.1) is 0 Å². The number of thiazole rings is 1. The van der Waals surface area contributed by atoms with Crippen LogP contribution in [-0.2, 0) is 4.79 Å². The van der Waals surface area contributed by atoms with E-state index in [0.717, 1.165) is 36.1 Å². The molecule has 162 valence electrons. The number of nitrogens with zero attached hydrogens (tertiary/aromatic N) is 3. The maximum absolute atomic E-state index is 12.3. The molecule has 7 nitrogen and oxygen atoms in total. The average molecular weight is 449 g/mol. The number of amides is 1. The summed E-state index contributed by atoms with van der Waals surface area (Å²) in [6.07, 6.45) is 1.44. The molecule has 9 heteroatoms. The van der Waals surface area contributed by atoms with E-state index in [-0.39, 0.29) is 17.6 Å². The molecule has 1 amide bonds. The van der Waals surface area contributed by atoms with Crippen LogP contribution in [0, 0.1) is 0 Å². The van der Waals surface area contributed by atoms with Gasteiger partial charge in [0.25, 0.3) is 0 Å². The van der Waals surface area contributed by atoms with Crippen LogP contribution in [0.3, 0.4) is 0 Å². The number of carboxylic acid groups (broad SMARTS) is 1. The van der Waals surface area contributed by atoms with Crippen molar-refractivity contribution in [2.75, 3.05) is 42.1 Å². The number of anilines is 2. The zero-order chi connectivity index (χ0) is 21.5. The molecule has 1 atom stereocenters. The van der Waals surface area contributed by atoms with Gasteiger partial charge in [-0.2, -0.15) is 0 Å². The van der Waals surface area contributed by atoms with E-state index in [0.29, 0.717) is 18.7 Å². The first-order valence-electron chi connectivity index (χ1n) is 10.2. The summed E-state index contributed by atoms with van der Waals surface area (Å²) < 4.78 is 0.724. The van der Waals surface area contributed by atoms with Gasteiger partial charge in [0.2, 0.25) is 5.91 Å². The van der Waals surface area contributed by atoms with Crippen molar-refractivity contribution in [2.24, 2.45) is 0 Å². The lowest BCUT2D eigenvalue weighted by Crippen LogP contribution is -2.39. The van der Waals surface area contributed by atoms with Crippen LogP contribution in [0.2, 0.25) is 0 Å². The van der Waals surface area contributed by atoms with E-state index in [4.69, 9.17) is 5.11 Å². The highest BCUT2D eigenvalue weighted by atomic mass is 32.2. The molecule has 1 saturated heterocycles. The number of rotatable bonds is 11. The predicted octanol–water partition coefficient (Wildman–Crippen LogP) is 3.88. The second-order valence-electron chi connectivity index (χ2n) is 7.03. The number of nitrogens with one attached hydrogen (secondary N) is 1. The second kappa shape index (κ2) is 10.7. The van der Waals surface area contributed by atoms with Crippen molar-refractivity contribution in [3.63, 3.8) is 0 Å². The molecule has 1 aliphatic rings. The molecule has 2 heterocycles. The number of aromatic carboxylic acids is 1. The number of carboxylic acids is 1. The summed E-state index contributed by atoms with van der Waals surface area (Å²) in [5.74, 6) is -0.123. The number of likely N-dealkylation sites (tertiary alicyclic amines) is 1. The van der Waals surface area contributed by atoms with Crippen LogP contribution in [0.4, 0.5) is 11.4 Å². The fraction of sp³-hybridized carbons (Fsp3) is 0.476. The van der Waals surface area contributed by atoms with Crippen molar-refractivity contribution in [3.8, 4) is 0 Å². The quantitative estimate of drug-likeness (QED) is 0.505. The molecule has 0 saturated carbocycles. The Bertz CT molecular complexity index is 852. The Balaban J connectivity index is 1.49. The van der Waals surface area contributed by atoms with Crippen LogP contribution in [0.25, 0.3) is 0 Å². The molecule has 0 bridgehead atoms. The number of hydrogen-bond acceptors (Lipinski definition) is 7. The summed E-state index contributed by atoms with van der Waals surface area (Å²) in [6, 6.07) is 8.61. The molecule has 1 aliphatic heterocycles. The van der Waals surface area contributed by atoms with Crippen LogP contribution in [0.5, 0.6) is 0 Å². The average Bonchev–Trinajstić information content (AvgIpc) is 3.36. The topological polar surface area (TPSA) is 85.8 Å². The van der Waals surface area contributed by atoms with E-state index >= 15 is 0 Å². The van der Waals surface area contributed by atoms with Gasteiger partial charge in [-0.15, -0.1) is 11.3 Å². The minimum atomic E-state index is -1.01. The fourth-order valence-corrected chi connectivity index (χ4v) is 5.39. The largest absolute Gasteiger partial charge is 0.476 e. The second-order valence-corrected chi connectivity index (χ2v) is 9.23. The summed E-state index contributed by atoms with van der Waals surface area (Å²) in [5.41, 5.74) is 2.35. The smallest absolute Gasteiger partial charge is 0.355 e. The van der Waals surface area contributed by atoms with Gasteiger partial charge in [-0.3, -0.25) is 4.79 Å². The van der Waals surface area contributed by atoms with E-state index in [1.165, 1.54) is 28.8 Å². The lowest BCUT2D eigenvalue weighted by atomic mass is 10.2. The van der Waals surface area contributed by atoms with Gasteiger partial charge in [0, 0.05) is 61.1 Å². The van der Waals surface area contributed by atoms with E-state index < -0.39 is 5.97 Å². The van der Waals surface area contributed by atoms with Crippen molar-refractivity contribution in [1.82, 2.24) is 9.88 Å². The highest BCUT2D eigenvalue weighted by molar-refractivity contribution is 8.01. The standard InChI is InChI=1S/C21H28N4O3S2/c1-3-24(4-2)16-7-5-15(6-8-16)22-13-17-9-10-19(26)25(17)11-12-29-21-23-18(14-30-21)20(27)28/h5-8,14,17,22H,3-4,9-13H2,1-2H3,(H,27,28)/t17-/m1/s1. The summed E-state index contributed by atoms with van der Waals surface area (Å²) >= 11 is 2.83. The van der Waals surface area contributed by atoms with Crippen LogP contribution in [-0.4, -0.2) is 64.8 Å². The van der Waals surface area contributed by atoms with Crippen molar-refractivity contribution in [2.45, 2.75) is 37.1 Å². The third-order valence-corrected chi connectivity index (χ3v) is 7.25. The zero-order valence-electron chi connectivity index (χ0n) is 17.3. The molecule has 0 aliphatic carbocycles. The summed E-state index contributed by atoms with van der Waals surface area (Å²) in [7, 11) is 0. The number of hydrogen-bond donors (Lipinski definition) is 2. The maximum Gasteiger partial charge on any atom is 0.355 e.